The van der Waals surface area contributed by atoms with Crippen LogP contribution in [0.15, 0.2) is 0 Å². The minimum Gasteiger partial charge on any atom is -0.316 e. The summed E-state index contributed by atoms with van der Waals surface area (Å²) in [6, 6.07) is 0.893. The third kappa shape index (κ3) is 4.26. The van der Waals surface area contributed by atoms with Crippen LogP contribution in [0.4, 0.5) is 0 Å². The zero-order valence-corrected chi connectivity index (χ0v) is 11.6. The highest BCUT2D eigenvalue weighted by atomic mass is 15.2. The predicted octanol–water partition coefficient (Wildman–Crippen LogP) is 3.03. The molecule has 2 fully saturated rings. The van der Waals surface area contributed by atoms with E-state index in [-0.39, 0.29) is 0 Å². The molecule has 0 aromatic heterocycles. The van der Waals surface area contributed by atoms with Gasteiger partial charge in [0.15, 0.2) is 0 Å². The molecular formula is C15H30N2. The fraction of sp³-hybridized carbons (Fsp3) is 1.00. The maximum Gasteiger partial charge on any atom is 0.00952 e. The summed E-state index contributed by atoms with van der Waals surface area (Å²) in [4.78, 5) is 2.78. The second-order valence-corrected chi connectivity index (χ2v) is 5.95. The summed E-state index contributed by atoms with van der Waals surface area (Å²) in [6.07, 6.45) is 11.6. The molecule has 0 aromatic carbocycles. The van der Waals surface area contributed by atoms with Crippen LogP contribution in [0.5, 0.6) is 0 Å². The Labute approximate surface area is 107 Å². The molecular weight excluding hydrogens is 208 g/mol. The maximum absolute atomic E-state index is 3.55. The molecule has 1 N–H and O–H groups in total. The second-order valence-electron chi connectivity index (χ2n) is 5.95. The Bertz CT molecular complexity index is 191. The van der Waals surface area contributed by atoms with E-state index in [1.54, 1.807) is 0 Å². The van der Waals surface area contributed by atoms with Crippen molar-refractivity contribution in [2.24, 2.45) is 5.92 Å². The van der Waals surface area contributed by atoms with Crippen molar-refractivity contribution in [2.75, 3.05) is 26.2 Å². The molecule has 2 nitrogen and oxygen atoms in total. The number of piperidine rings is 1. The Morgan fingerprint density at radius 2 is 1.76 bits per heavy atom. The standard InChI is InChI=1S/C15H30N2/c1-2-17(13-14-8-7-11-16-12-14)15-9-5-3-4-6-10-15/h14-16H,2-13H2,1H3. The highest BCUT2D eigenvalue weighted by Gasteiger charge is 2.22. The number of nitrogens with zero attached hydrogens (tertiary/aromatic N) is 1. The Hall–Kier alpha value is -0.0800. The predicted molar refractivity (Wildman–Crippen MR) is 74.3 cm³/mol. The molecule has 1 heterocycles. The van der Waals surface area contributed by atoms with Gasteiger partial charge in [0.1, 0.15) is 0 Å². The largest absolute Gasteiger partial charge is 0.316 e. The number of hydrogen-bond acceptors (Lipinski definition) is 2. The van der Waals surface area contributed by atoms with Gasteiger partial charge in [0.2, 0.25) is 0 Å². The average Bonchev–Trinajstić information content (AvgIpc) is 2.66. The van der Waals surface area contributed by atoms with Crippen molar-refractivity contribution in [1.82, 2.24) is 10.2 Å². The molecule has 0 spiro atoms. The molecule has 0 radical (unpaired) electrons. The summed E-state index contributed by atoms with van der Waals surface area (Å²) in [5.41, 5.74) is 0. The van der Waals surface area contributed by atoms with Crippen LogP contribution in [0.25, 0.3) is 0 Å². The normalized spacial score (nSPS) is 28.2. The first-order valence-electron chi connectivity index (χ1n) is 7.85. The first-order chi connectivity index (χ1) is 8.40. The Kier molecular flexibility index (Phi) is 5.79. The van der Waals surface area contributed by atoms with Crippen LogP contribution in [-0.2, 0) is 0 Å². The molecule has 1 saturated carbocycles. The van der Waals surface area contributed by atoms with Crippen molar-refractivity contribution < 1.29 is 0 Å². The summed E-state index contributed by atoms with van der Waals surface area (Å²) in [5.74, 6) is 0.909. The number of nitrogens with one attached hydrogen (secondary N) is 1. The van der Waals surface area contributed by atoms with E-state index in [0.717, 1.165) is 12.0 Å². The molecule has 0 amide bonds. The van der Waals surface area contributed by atoms with Crippen molar-refractivity contribution in [2.45, 2.75) is 64.3 Å². The van der Waals surface area contributed by atoms with Gasteiger partial charge in [0.25, 0.3) is 0 Å². The van der Waals surface area contributed by atoms with Crippen LogP contribution < -0.4 is 5.32 Å². The molecule has 1 unspecified atom stereocenters. The fourth-order valence-electron chi connectivity index (χ4n) is 3.57. The van der Waals surface area contributed by atoms with Gasteiger partial charge < -0.3 is 10.2 Å². The lowest BCUT2D eigenvalue weighted by Crippen LogP contribution is -2.42. The van der Waals surface area contributed by atoms with Gasteiger partial charge in [0, 0.05) is 12.6 Å². The molecule has 2 rings (SSSR count). The molecule has 0 bridgehead atoms. The van der Waals surface area contributed by atoms with Crippen molar-refractivity contribution in [3.8, 4) is 0 Å². The highest BCUT2D eigenvalue weighted by molar-refractivity contribution is 4.78. The lowest BCUT2D eigenvalue weighted by atomic mass is 9.97. The summed E-state index contributed by atoms with van der Waals surface area (Å²) >= 11 is 0. The lowest BCUT2D eigenvalue weighted by molar-refractivity contribution is 0.148. The first-order valence-corrected chi connectivity index (χ1v) is 7.85. The minimum atomic E-state index is 0.893. The van der Waals surface area contributed by atoms with Gasteiger partial charge in [0.05, 0.1) is 0 Å². The zero-order chi connectivity index (χ0) is 11.9. The molecule has 2 heteroatoms. The molecule has 17 heavy (non-hydrogen) atoms. The minimum absolute atomic E-state index is 0.893. The van der Waals surface area contributed by atoms with Gasteiger partial charge in [-0.3, -0.25) is 0 Å². The lowest BCUT2D eigenvalue weighted by Gasteiger charge is -2.34. The van der Waals surface area contributed by atoms with Crippen LogP contribution in [0.3, 0.4) is 0 Å². The van der Waals surface area contributed by atoms with Crippen LogP contribution >= 0.6 is 0 Å². The van der Waals surface area contributed by atoms with E-state index in [1.165, 1.54) is 77.5 Å². The SMILES string of the molecule is CCN(CC1CCCNC1)C1CCCCCC1. The van der Waals surface area contributed by atoms with Gasteiger partial charge in [-0.2, -0.15) is 0 Å². The Morgan fingerprint density at radius 3 is 2.35 bits per heavy atom. The summed E-state index contributed by atoms with van der Waals surface area (Å²) < 4.78 is 0. The molecule has 1 atom stereocenters. The molecule has 100 valence electrons. The van der Waals surface area contributed by atoms with Gasteiger partial charge >= 0.3 is 0 Å². The number of hydrogen-bond donors (Lipinski definition) is 1. The van der Waals surface area contributed by atoms with E-state index in [9.17, 15) is 0 Å². The van der Waals surface area contributed by atoms with Crippen molar-refractivity contribution in [3.05, 3.63) is 0 Å². The molecule has 1 aliphatic heterocycles. The van der Waals surface area contributed by atoms with E-state index in [1.807, 2.05) is 0 Å². The summed E-state index contributed by atoms with van der Waals surface area (Å²) in [6.45, 7) is 7.44. The first kappa shape index (κ1) is 13.4. The fourth-order valence-corrected chi connectivity index (χ4v) is 3.57. The van der Waals surface area contributed by atoms with Gasteiger partial charge in [-0.15, -0.1) is 0 Å². The van der Waals surface area contributed by atoms with Gasteiger partial charge in [-0.05, 0) is 51.2 Å². The molecule has 2 aliphatic rings. The van der Waals surface area contributed by atoms with Gasteiger partial charge in [-0.25, -0.2) is 0 Å². The molecule has 0 aromatic rings. The van der Waals surface area contributed by atoms with E-state index < -0.39 is 0 Å². The van der Waals surface area contributed by atoms with Crippen molar-refractivity contribution >= 4 is 0 Å². The molecule has 1 aliphatic carbocycles. The van der Waals surface area contributed by atoms with Crippen LogP contribution in [0.2, 0.25) is 0 Å². The van der Waals surface area contributed by atoms with Crippen molar-refractivity contribution in [3.63, 3.8) is 0 Å². The van der Waals surface area contributed by atoms with E-state index in [0.29, 0.717) is 0 Å². The van der Waals surface area contributed by atoms with Gasteiger partial charge in [-0.1, -0.05) is 32.6 Å². The van der Waals surface area contributed by atoms with E-state index >= 15 is 0 Å². The summed E-state index contributed by atoms with van der Waals surface area (Å²) in [5, 5.41) is 3.55. The quantitative estimate of drug-likeness (QED) is 0.757. The topological polar surface area (TPSA) is 15.3 Å². The Morgan fingerprint density at radius 1 is 1.00 bits per heavy atom. The Balaban J connectivity index is 1.81. The zero-order valence-electron chi connectivity index (χ0n) is 11.6. The second kappa shape index (κ2) is 7.38. The van der Waals surface area contributed by atoms with Crippen LogP contribution in [0, 0.1) is 5.92 Å². The monoisotopic (exact) mass is 238 g/mol. The third-order valence-corrected chi connectivity index (χ3v) is 4.64. The smallest absolute Gasteiger partial charge is 0.00952 e. The maximum atomic E-state index is 3.55. The van der Waals surface area contributed by atoms with E-state index in [2.05, 4.69) is 17.1 Å². The third-order valence-electron chi connectivity index (χ3n) is 4.64. The average molecular weight is 238 g/mol. The van der Waals surface area contributed by atoms with Crippen LogP contribution in [-0.4, -0.2) is 37.1 Å². The molecule has 1 saturated heterocycles. The highest BCUT2D eigenvalue weighted by Crippen LogP contribution is 2.23. The number of rotatable bonds is 4. The van der Waals surface area contributed by atoms with Crippen molar-refractivity contribution in [1.29, 1.82) is 0 Å². The van der Waals surface area contributed by atoms with E-state index in [4.69, 9.17) is 0 Å². The summed E-state index contributed by atoms with van der Waals surface area (Å²) in [7, 11) is 0. The van der Waals surface area contributed by atoms with Crippen LogP contribution in [0.1, 0.15) is 58.3 Å².